The molecule has 2 aliphatic carbocycles. The van der Waals surface area contributed by atoms with Gasteiger partial charge in [-0.2, -0.15) is 0 Å². The molecule has 1 heterocycles. The molecule has 33 heavy (non-hydrogen) atoms. The minimum atomic E-state index is 0.0866. The number of amidine groups is 1. The Kier molecular flexibility index (Phi) is 8.58. The highest BCUT2D eigenvalue weighted by Crippen LogP contribution is 2.41. The van der Waals surface area contributed by atoms with Gasteiger partial charge in [0.1, 0.15) is 6.61 Å². The molecule has 0 atom stereocenters. The van der Waals surface area contributed by atoms with E-state index < -0.39 is 0 Å². The second-order valence-electron chi connectivity index (χ2n) is 8.91. The van der Waals surface area contributed by atoms with Crippen LogP contribution in [-0.2, 0) is 4.79 Å². The van der Waals surface area contributed by atoms with Crippen LogP contribution in [0, 0.1) is 0 Å². The summed E-state index contributed by atoms with van der Waals surface area (Å²) in [6.07, 6.45) is 15.5. The van der Waals surface area contributed by atoms with Crippen molar-refractivity contribution in [1.82, 2.24) is 4.90 Å². The molecule has 0 aromatic heterocycles. The number of halogens is 1. The van der Waals surface area contributed by atoms with Gasteiger partial charge >= 0.3 is 0 Å². The second kappa shape index (κ2) is 11.6. The number of amides is 1. The molecule has 7 heteroatoms. The lowest BCUT2D eigenvalue weighted by Gasteiger charge is -2.31. The second-order valence-corrected chi connectivity index (χ2v) is 10.8. The summed E-state index contributed by atoms with van der Waals surface area (Å²) in [6.45, 7) is 4.09. The van der Waals surface area contributed by atoms with E-state index in [-0.39, 0.29) is 11.9 Å². The zero-order valence-corrected chi connectivity index (χ0v) is 21.8. The van der Waals surface area contributed by atoms with Crippen LogP contribution in [0.3, 0.4) is 0 Å². The highest BCUT2D eigenvalue weighted by Gasteiger charge is 2.39. The van der Waals surface area contributed by atoms with E-state index in [9.17, 15) is 4.79 Å². The summed E-state index contributed by atoms with van der Waals surface area (Å²) in [6, 6.07) is 4.48. The lowest BCUT2D eigenvalue weighted by atomic mass is 9.94. The third-order valence-electron chi connectivity index (χ3n) is 6.54. The van der Waals surface area contributed by atoms with Crippen LogP contribution in [0.2, 0.25) is 0 Å². The summed E-state index contributed by atoms with van der Waals surface area (Å²) in [5.74, 6) is 1.34. The number of methoxy groups -OCH3 is 1. The standard InChI is InChI=1S/C26H33BrN2O3S/c1-3-14-32-24-21(27)15-18(16-22(24)31-2)17-23-25(30)29(20-12-8-5-9-13-20)26(33-23)28-19-10-6-4-7-11-19/h3,15-17,19-20H,1,4-14H2,2H3. The largest absolute Gasteiger partial charge is 0.493 e. The van der Waals surface area contributed by atoms with Gasteiger partial charge in [-0.05, 0) is 77.1 Å². The fraction of sp³-hybridized carbons (Fsp3) is 0.538. The summed E-state index contributed by atoms with van der Waals surface area (Å²) < 4.78 is 12.1. The smallest absolute Gasteiger partial charge is 0.266 e. The number of carbonyl (C=O) groups excluding carboxylic acids is 1. The van der Waals surface area contributed by atoms with Crippen molar-refractivity contribution >= 4 is 44.8 Å². The zero-order valence-electron chi connectivity index (χ0n) is 19.4. The minimum Gasteiger partial charge on any atom is -0.493 e. The zero-order chi connectivity index (χ0) is 23.2. The Morgan fingerprint density at radius 1 is 1.15 bits per heavy atom. The molecule has 1 aromatic rings. The highest BCUT2D eigenvalue weighted by molar-refractivity contribution is 9.10. The normalized spacial score (nSPS) is 22.8. The van der Waals surface area contributed by atoms with Gasteiger partial charge in [0.15, 0.2) is 16.7 Å². The molecular formula is C26H33BrN2O3S. The Labute approximate surface area is 209 Å². The average molecular weight is 534 g/mol. The molecule has 0 N–H and O–H groups in total. The summed E-state index contributed by atoms with van der Waals surface area (Å²) in [7, 11) is 1.62. The predicted octanol–water partition coefficient (Wildman–Crippen LogP) is 6.96. The van der Waals surface area contributed by atoms with Crippen molar-refractivity contribution in [3.05, 3.63) is 39.7 Å². The summed E-state index contributed by atoms with van der Waals surface area (Å²) >= 11 is 5.12. The number of rotatable bonds is 7. The Morgan fingerprint density at radius 2 is 1.85 bits per heavy atom. The molecule has 2 saturated carbocycles. The first-order valence-electron chi connectivity index (χ1n) is 12.0. The molecule has 1 aromatic carbocycles. The van der Waals surface area contributed by atoms with Crippen molar-refractivity contribution in [3.8, 4) is 11.5 Å². The van der Waals surface area contributed by atoms with E-state index >= 15 is 0 Å². The number of aliphatic imine (C=N–C) groups is 1. The predicted molar refractivity (Wildman–Crippen MR) is 140 cm³/mol. The van der Waals surface area contributed by atoms with Crippen LogP contribution in [0.4, 0.5) is 0 Å². The number of thioether (sulfide) groups is 1. The minimum absolute atomic E-state index is 0.0866. The molecule has 0 radical (unpaired) electrons. The maximum atomic E-state index is 13.6. The first-order valence-corrected chi connectivity index (χ1v) is 13.6. The van der Waals surface area contributed by atoms with E-state index in [1.165, 1.54) is 50.3 Å². The van der Waals surface area contributed by atoms with E-state index in [2.05, 4.69) is 22.5 Å². The monoisotopic (exact) mass is 532 g/mol. The molecule has 178 valence electrons. The van der Waals surface area contributed by atoms with E-state index in [0.29, 0.717) is 24.1 Å². The molecule has 1 amide bonds. The van der Waals surface area contributed by atoms with Gasteiger partial charge in [-0.3, -0.25) is 14.7 Å². The topological polar surface area (TPSA) is 51.1 Å². The van der Waals surface area contributed by atoms with Gasteiger partial charge < -0.3 is 9.47 Å². The van der Waals surface area contributed by atoms with Crippen molar-refractivity contribution in [2.45, 2.75) is 76.3 Å². The van der Waals surface area contributed by atoms with Crippen LogP contribution >= 0.6 is 27.7 Å². The lowest BCUT2D eigenvalue weighted by molar-refractivity contribution is -0.124. The van der Waals surface area contributed by atoms with Crippen molar-refractivity contribution < 1.29 is 14.3 Å². The van der Waals surface area contributed by atoms with E-state index in [0.717, 1.165) is 45.8 Å². The number of carbonyl (C=O) groups is 1. The first kappa shape index (κ1) is 24.4. The molecule has 0 bridgehead atoms. The van der Waals surface area contributed by atoms with Crippen molar-refractivity contribution in [2.75, 3.05) is 13.7 Å². The number of benzene rings is 1. The van der Waals surface area contributed by atoms with Gasteiger partial charge in [0.05, 0.1) is 22.5 Å². The number of hydrogen-bond acceptors (Lipinski definition) is 5. The van der Waals surface area contributed by atoms with Crippen LogP contribution in [-0.4, -0.2) is 41.8 Å². The summed E-state index contributed by atoms with van der Waals surface area (Å²) in [5, 5.41) is 0.905. The molecule has 0 unspecified atom stereocenters. The highest BCUT2D eigenvalue weighted by atomic mass is 79.9. The Bertz CT molecular complexity index is 934. The Hall–Kier alpha value is -1.73. The summed E-state index contributed by atoms with van der Waals surface area (Å²) in [5.41, 5.74) is 0.892. The van der Waals surface area contributed by atoms with Gasteiger partial charge in [-0.25, -0.2) is 0 Å². The molecule has 1 aliphatic heterocycles. The summed E-state index contributed by atoms with van der Waals surface area (Å²) in [4.78, 5) is 21.4. The molecule has 4 rings (SSSR count). The van der Waals surface area contributed by atoms with Gasteiger partial charge in [-0.15, -0.1) is 0 Å². The van der Waals surface area contributed by atoms with E-state index in [4.69, 9.17) is 14.5 Å². The quantitative estimate of drug-likeness (QED) is 0.281. The van der Waals surface area contributed by atoms with Gasteiger partial charge in [0.25, 0.3) is 5.91 Å². The number of hydrogen-bond donors (Lipinski definition) is 0. The van der Waals surface area contributed by atoms with Gasteiger partial charge in [-0.1, -0.05) is 51.2 Å². The van der Waals surface area contributed by atoms with Crippen molar-refractivity contribution in [2.24, 2.45) is 4.99 Å². The molecule has 5 nitrogen and oxygen atoms in total. The SMILES string of the molecule is C=CCOc1c(Br)cc(C=C2SC(=NC3CCCCC3)N(C3CCCCC3)C2=O)cc1OC. The van der Waals surface area contributed by atoms with E-state index in [1.807, 2.05) is 23.1 Å². The third-order valence-corrected chi connectivity index (χ3v) is 8.13. The number of ether oxygens (including phenoxy) is 2. The molecule has 0 spiro atoms. The third kappa shape index (κ3) is 5.86. The molecular weight excluding hydrogens is 500 g/mol. The van der Waals surface area contributed by atoms with Crippen LogP contribution in [0.25, 0.3) is 6.08 Å². The lowest BCUT2D eigenvalue weighted by Crippen LogP contribution is -2.41. The van der Waals surface area contributed by atoms with Crippen LogP contribution < -0.4 is 9.47 Å². The van der Waals surface area contributed by atoms with Gasteiger partial charge in [0.2, 0.25) is 0 Å². The fourth-order valence-corrected chi connectivity index (χ4v) is 6.54. The average Bonchev–Trinajstić information content (AvgIpc) is 3.13. The maximum absolute atomic E-state index is 13.6. The van der Waals surface area contributed by atoms with Crippen molar-refractivity contribution in [3.63, 3.8) is 0 Å². The molecule has 3 aliphatic rings. The number of nitrogens with zero attached hydrogens (tertiary/aromatic N) is 2. The Balaban J connectivity index is 1.64. The first-order chi connectivity index (χ1) is 16.1. The van der Waals surface area contributed by atoms with Gasteiger partial charge in [0, 0.05) is 6.04 Å². The van der Waals surface area contributed by atoms with Crippen LogP contribution in [0.5, 0.6) is 11.5 Å². The molecule has 1 saturated heterocycles. The van der Waals surface area contributed by atoms with E-state index in [1.54, 1.807) is 13.2 Å². The van der Waals surface area contributed by atoms with Crippen LogP contribution in [0.1, 0.15) is 69.8 Å². The van der Waals surface area contributed by atoms with Crippen molar-refractivity contribution in [1.29, 1.82) is 0 Å². The maximum Gasteiger partial charge on any atom is 0.266 e. The fourth-order valence-electron chi connectivity index (χ4n) is 4.86. The molecule has 3 fully saturated rings. The Morgan fingerprint density at radius 3 is 2.52 bits per heavy atom. The van der Waals surface area contributed by atoms with Crippen LogP contribution in [0.15, 0.2) is 39.2 Å².